The standard InChI is InChI=1S/C7H8FNO2/c8-5-1-2-6(9)7(11)4(5)3-10/h1-2,10-11H,3,9H2. The largest absolute Gasteiger partial charge is 0.505 e. The molecule has 0 saturated heterocycles. The summed E-state index contributed by atoms with van der Waals surface area (Å²) in [5.74, 6) is -1.04. The average molecular weight is 157 g/mol. The van der Waals surface area contributed by atoms with Crippen LogP contribution < -0.4 is 5.73 Å². The molecule has 0 aromatic heterocycles. The summed E-state index contributed by atoms with van der Waals surface area (Å²) >= 11 is 0. The summed E-state index contributed by atoms with van der Waals surface area (Å²) in [5.41, 5.74) is 5.14. The summed E-state index contributed by atoms with van der Waals surface area (Å²) in [7, 11) is 0. The molecule has 60 valence electrons. The summed E-state index contributed by atoms with van der Waals surface area (Å²) in [6.07, 6.45) is 0. The number of hydrogen-bond acceptors (Lipinski definition) is 3. The van der Waals surface area contributed by atoms with Crippen LogP contribution in [0.25, 0.3) is 0 Å². The number of aromatic hydroxyl groups is 1. The van der Waals surface area contributed by atoms with E-state index in [0.29, 0.717) is 0 Å². The fraction of sp³-hybridized carbons (Fsp3) is 0.143. The third-order valence-corrected chi connectivity index (χ3v) is 1.41. The minimum atomic E-state index is -0.654. The minimum Gasteiger partial charge on any atom is -0.505 e. The second-order valence-corrected chi connectivity index (χ2v) is 2.12. The summed E-state index contributed by atoms with van der Waals surface area (Å²) in [4.78, 5) is 0. The fourth-order valence-corrected chi connectivity index (χ4v) is 0.780. The zero-order valence-electron chi connectivity index (χ0n) is 5.71. The highest BCUT2D eigenvalue weighted by Crippen LogP contribution is 2.26. The molecule has 0 bridgehead atoms. The minimum absolute atomic E-state index is 0.0652. The number of nitrogens with two attached hydrogens (primary N) is 1. The molecular weight excluding hydrogens is 149 g/mol. The predicted octanol–water partition coefficient (Wildman–Crippen LogP) is 0.606. The second-order valence-electron chi connectivity index (χ2n) is 2.12. The molecule has 0 aliphatic carbocycles. The van der Waals surface area contributed by atoms with E-state index in [1.54, 1.807) is 0 Å². The number of anilines is 1. The molecule has 11 heavy (non-hydrogen) atoms. The summed E-state index contributed by atoms with van der Waals surface area (Å²) in [5, 5.41) is 17.6. The first kappa shape index (κ1) is 7.81. The maximum absolute atomic E-state index is 12.7. The number of halogens is 1. The van der Waals surface area contributed by atoms with Crippen molar-refractivity contribution in [1.29, 1.82) is 0 Å². The van der Waals surface area contributed by atoms with Gasteiger partial charge < -0.3 is 15.9 Å². The van der Waals surface area contributed by atoms with E-state index in [4.69, 9.17) is 15.9 Å². The molecule has 1 aromatic rings. The Kier molecular flexibility index (Phi) is 1.96. The predicted molar refractivity (Wildman–Crippen MR) is 38.4 cm³/mol. The average Bonchev–Trinajstić information content (AvgIpc) is 1.99. The lowest BCUT2D eigenvalue weighted by Crippen LogP contribution is -1.94. The van der Waals surface area contributed by atoms with Gasteiger partial charge in [-0.2, -0.15) is 0 Å². The van der Waals surface area contributed by atoms with E-state index < -0.39 is 12.4 Å². The topological polar surface area (TPSA) is 66.5 Å². The van der Waals surface area contributed by atoms with Gasteiger partial charge in [0, 0.05) is 0 Å². The van der Waals surface area contributed by atoms with Crippen molar-refractivity contribution in [2.45, 2.75) is 6.61 Å². The van der Waals surface area contributed by atoms with Crippen LogP contribution in [0.3, 0.4) is 0 Å². The van der Waals surface area contributed by atoms with Gasteiger partial charge in [0.1, 0.15) is 11.6 Å². The molecule has 0 aliphatic heterocycles. The number of aliphatic hydroxyl groups is 1. The van der Waals surface area contributed by atoms with Crippen molar-refractivity contribution in [3.63, 3.8) is 0 Å². The molecule has 3 nitrogen and oxygen atoms in total. The van der Waals surface area contributed by atoms with E-state index in [-0.39, 0.29) is 17.0 Å². The molecule has 0 radical (unpaired) electrons. The van der Waals surface area contributed by atoms with Gasteiger partial charge in [-0.1, -0.05) is 0 Å². The van der Waals surface area contributed by atoms with Crippen LogP contribution in [0, 0.1) is 5.82 Å². The Morgan fingerprint density at radius 3 is 2.55 bits per heavy atom. The van der Waals surface area contributed by atoms with Crippen LogP contribution in [0.4, 0.5) is 10.1 Å². The van der Waals surface area contributed by atoms with Crippen LogP contribution in [-0.2, 0) is 6.61 Å². The summed E-state index contributed by atoms with van der Waals surface area (Å²) in [6.45, 7) is -0.553. The van der Waals surface area contributed by atoms with Gasteiger partial charge in [-0.3, -0.25) is 0 Å². The van der Waals surface area contributed by atoms with E-state index in [0.717, 1.165) is 6.07 Å². The van der Waals surface area contributed by atoms with E-state index in [1.807, 2.05) is 0 Å². The number of aliphatic hydroxyl groups excluding tert-OH is 1. The van der Waals surface area contributed by atoms with Crippen molar-refractivity contribution < 1.29 is 14.6 Å². The van der Waals surface area contributed by atoms with Crippen LogP contribution >= 0.6 is 0 Å². The van der Waals surface area contributed by atoms with E-state index in [9.17, 15) is 4.39 Å². The van der Waals surface area contributed by atoms with Crippen molar-refractivity contribution in [1.82, 2.24) is 0 Å². The highest BCUT2D eigenvalue weighted by Gasteiger charge is 2.08. The van der Waals surface area contributed by atoms with Gasteiger partial charge in [-0.25, -0.2) is 4.39 Å². The zero-order valence-corrected chi connectivity index (χ0v) is 5.71. The lowest BCUT2D eigenvalue weighted by molar-refractivity contribution is 0.269. The van der Waals surface area contributed by atoms with Crippen LogP contribution in [0.5, 0.6) is 5.75 Å². The summed E-state index contributed by atoms with van der Waals surface area (Å²) < 4.78 is 12.7. The highest BCUT2D eigenvalue weighted by molar-refractivity contribution is 5.55. The fourth-order valence-electron chi connectivity index (χ4n) is 0.780. The van der Waals surface area contributed by atoms with Crippen molar-refractivity contribution in [3.05, 3.63) is 23.5 Å². The Balaban J connectivity index is 3.29. The lowest BCUT2D eigenvalue weighted by atomic mass is 10.2. The number of hydrogen-bond donors (Lipinski definition) is 3. The van der Waals surface area contributed by atoms with Gasteiger partial charge in [0.15, 0.2) is 0 Å². The number of benzene rings is 1. The Labute approximate surface area is 62.9 Å². The number of rotatable bonds is 1. The first-order chi connectivity index (χ1) is 5.16. The Morgan fingerprint density at radius 1 is 1.45 bits per heavy atom. The quantitative estimate of drug-likeness (QED) is 0.413. The monoisotopic (exact) mass is 157 g/mol. The Morgan fingerprint density at radius 2 is 2.09 bits per heavy atom. The van der Waals surface area contributed by atoms with Gasteiger partial charge in [0.2, 0.25) is 0 Å². The Bertz CT molecular complexity index is 275. The first-order valence-corrected chi connectivity index (χ1v) is 3.03. The molecule has 0 atom stereocenters. The molecule has 0 saturated carbocycles. The van der Waals surface area contributed by atoms with Gasteiger partial charge in [-0.05, 0) is 12.1 Å². The molecule has 0 fully saturated rings. The van der Waals surface area contributed by atoms with Crippen molar-refractivity contribution in [3.8, 4) is 5.75 Å². The van der Waals surface area contributed by atoms with Gasteiger partial charge in [0.05, 0.1) is 17.9 Å². The molecule has 0 heterocycles. The number of phenols is 1. The molecule has 0 aliphatic rings. The maximum atomic E-state index is 12.7. The van der Waals surface area contributed by atoms with Crippen LogP contribution in [-0.4, -0.2) is 10.2 Å². The molecular formula is C7H8FNO2. The normalized spacial score (nSPS) is 10.0. The van der Waals surface area contributed by atoms with Crippen LogP contribution in [0.15, 0.2) is 12.1 Å². The SMILES string of the molecule is Nc1ccc(F)c(CO)c1O. The van der Waals surface area contributed by atoms with Gasteiger partial charge in [-0.15, -0.1) is 0 Å². The van der Waals surface area contributed by atoms with Crippen molar-refractivity contribution in [2.75, 3.05) is 5.73 Å². The third-order valence-electron chi connectivity index (χ3n) is 1.41. The lowest BCUT2D eigenvalue weighted by Gasteiger charge is -2.04. The smallest absolute Gasteiger partial charge is 0.146 e. The molecule has 0 amide bonds. The molecule has 1 rings (SSSR count). The van der Waals surface area contributed by atoms with Crippen LogP contribution in [0.2, 0.25) is 0 Å². The maximum Gasteiger partial charge on any atom is 0.146 e. The molecule has 4 N–H and O–H groups in total. The van der Waals surface area contributed by atoms with Gasteiger partial charge >= 0.3 is 0 Å². The summed E-state index contributed by atoms with van der Waals surface area (Å²) in [6, 6.07) is 2.34. The molecule has 0 spiro atoms. The second kappa shape index (κ2) is 2.75. The molecule has 4 heteroatoms. The van der Waals surface area contributed by atoms with E-state index in [2.05, 4.69) is 0 Å². The molecule has 1 aromatic carbocycles. The van der Waals surface area contributed by atoms with Crippen molar-refractivity contribution in [2.24, 2.45) is 0 Å². The third kappa shape index (κ3) is 1.25. The van der Waals surface area contributed by atoms with E-state index in [1.165, 1.54) is 6.07 Å². The molecule has 0 unspecified atom stereocenters. The van der Waals surface area contributed by atoms with Gasteiger partial charge in [0.25, 0.3) is 0 Å². The number of nitrogen functional groups attached to an aromatic ring is 1. The first-order valence-electron chi connectivity index (χ1n) is 3.03. The Hall–Kier alpha value is -1.29. The highest BCUT2D eigenvalue weighted by atomic mass is 19.1. The van der Waals surface area contributed by atoms with Crippen LogP contribution in [0.1, 0.15) is 5.56 Å². The van der Waals surface area contributed by atoms with E-state index >= 15 is 0 Å². The van der Waals surface area contributed by atoms with Crippen molar-refractivity contribution >= 4 is 5.69 Å². The zero-order chi connectivity index (χ0) is 8.43.